The zero-order chi connectivity index (χ0) is 31.3. The van der Waals surface area contributed by atoms with Gasteiger partial charge in [0.2, 0.25) is 11.8 Å². The monoisotopic (exact) mass is 627 g/mol. The Kier molecular flexibility index (Phi) is 8.17. The van der Waals surface area contributed by atoms with Gasteiger partial charge < -0.3 is 20.1 Å². The molecule has 1 fully saturated rings. The maximum atomic E-state index is 16.0. The second-order valence-electron chi connectivity index (χ2n) is 12.2. The van der Waals surface area contributed by atoms with Crippen molar-refractivity contribution < 1.29 is 28.2 Å². The van der Waals surface area contributed by atoms with Gasteiger partial charge >= 0.3 is 5.97 Å². The topological polar surface area (TPSA) is 107 Å². The number of methoxy groups -OCH3 is 2. The molecule has 2 heterocycles. The van der Waals surface area contributed by atoms with E-state index in [2.05, 4.69) is 36.4 Å². The molecule has 2 aliphatic rings. The number of hydrogen-bond donors (Lipinski definition) is 2. The summed E-state index contributed by atoms with van der Waals surface area (Å²) in [5.74, 6) is -3.97. The fraction of sp³-hybridized carbons (Fsp3) is 0.375. The third-order valence-electron chi connectivity index (χ3n) is 8.41. The summed E-state index contributed by atoms with van der Waals surface area (Å²) in [4.78, 5) is 44.9. The predicted molar refractivity (Wildman–Crippen MR) is 162 cm³/mol. The van der Waals surface area contributed by atoms with Gasteiger partial charge in [0, 0.05) is 29.3 Å². The van der Waals surface area contributed by atoms with Gasteiger partial charge in [0.25, 0.3) is 0 Å². The Hall–Kier alpha value is -3.69. The molecule has 1 aliphatic heterocycles. The van der Waals surface area contributed by atoms with E-state index in [-0.39, 0.29) is 50.7 Å². The molecule has 2 amide bonds. The zero-order valence-electron chi connectivity index (χ0n) is 24.4. The van der Waals surface area contributed by atoms with Gasteiger partial charge in [0.05, 0.1) is 35.9 Å². The van der Waals surface area contributed by atoms with Crippen LogP contribution in [0.5, 0.6) is 5.75 Å². The third-order valence-corrected chi connectivity index (χ3v) is 8.91. The lowest BCUT2D eigenvalue weighted by Crippen LogP contribution is -2.45. The maximum Gasteiger partial charge on any atom is 0.337 e. The zero-order valence-corrected chi connectivity index (χ0v) is 25.9. The highest BCUT2D eigenvalue weighted by Gasteiger charge is 2.66. The number of amides is 2. The van der Waals surface area contributed by atoms with E-state index in [9.17, 15) is 14.4 Å². The van der Waals surface area contributed by atoms with E-state index in [1.165, 1.54) is 32.4 Å². The number of carbonyl (C=O) groups excluding carboxylic acids is 3. The predicted octanol–water partition coefficient (Wildman–Crippen LogP) is 7.01. The maximum absolute atomic E-state index is 16.0. The van der Waals surface area contributed by atoms with E-state index in [4.69, 9.17) is 32.7 Å². The van der Waals surface area contributed by atoms with Gasteiger partial charge in [-0.2, -0.15) is 0 Å². The van der Waals surface area contributed by atoms with Crippen molar-refractivity contribution in [3.05, 3.63) is 81.3 Å². The fourth-order valence-electron chi connectivity index (χ4n) is 6.85. The number of esters is 1. The SMILES string of the molecule is COC(=O)c1ccc(NC(=O)[C@@H]2C[C@@H](CC(C)(C)C)[C@@]3(C(=O)Nc4cc(Cl)ncc43)[C@H]2c2cccc(Cl)c2F)c(OC)c1. The molecule has 2 aromatic carbocycles. The lowest BCUT2D eigenvalue weighted by atomic mass is 9.62. The summed E-state index contributed by atoms with van der Waals surface area (Å²) in [5, 5.41) is 5.96. The van der Waals surface area contributed by atoms with E-state index in [1.807, 2.05) is 0 Å². The van der Waals surface area contributed by atoms with Crippen LogP contribution >= 0.6 is 23.2 Å². The number of rotatable bonds is 6. The summed E-state index contributed by atoms with van der Waals surface area (Å²) < 4.78 is 26.2. The second-order valence-corrected chi connectivity index (χ2v) is 13.0. The number of fused-ring (bicyclic) bond motifs is 2. The van der Waals surface area contributed by atoms with E-state index >= 15 is 4.39 Å². The molecule has 0 unspecified atom stereocenters. The summed E-state index contributed by atoms with van der Waals surface area (Å²) in [6, 6.07) is 10.7. The summed E-state index contributed by atoms with van der Waals surface area (Å²) in [7, 11) is 2.68. The molecule has 1 saturated carbocycles. The number of anilines is 2. The van der Waals surface area contributed by atoms with Crippen LogP contribution in [0.25, 0.3) is 0 Å². The number of nitrogens with one attached hydrogen (secondary N) is 2. The van der Waals surface area contributed by atoms with Crippen molar-refractivity contribution in [1.29, 1.82) is 0 Å². The largest absolute Gasteiger partial charge is 0.495 e. The van der Waals surface area contributed by atoms with Crippen LogP contribution < -0.4 is 15.4 Å². The molecule has 0 saturated heterocycles. The number of benzene rings is 2. The second kappa shape index (κ2) is 11.4. The molecular formula is C32H32Cl2FN3O5. The molecular weight excluding hydrogens is 596 g/mol. The molecule has 8 nitrogen and oxygen atoms in total. The molecule has 1 aliphatic carbocycles. The van der Waals surface area contributed by atoms with Crippen LogP contribution in [0.1, 0.15) is 61.0 Å². The average molecular weight is 629 g/mol. The number of carbonyl (C=O) groups is 3. The first kappa shape index (κ1) is 30.8. The van der Waals surface area contributed by atoms with Gasteiger partial charge in [-0.3, -0.25) is 9.59 Å². The van der Waals surface area contributed by atoms with Crippen LogP contribution in [0.2, 0.25) is 10.2 Å². The molecule has 4 atom stereocenters. The summed E-state index contributed by atoms with van der Waals surface area (Å²) in [5.41, 5.74) is 0.182. The average Bonchev–Trinajstić information content (AvgIpc) is 3.43. The van der Waals surface area contributed by atoms with Crippen molar-refractivity contribution in [3.63, 3.8) is 0 Å². The van der Waals surface area contributed by atoms with Crippen LogP contribution in [0.4, 0.5) is 15.8 Å². The Balaban J connectivity index is 1.68. The highest BCUT2D eigenvalue weighted by molar-refractivity contribution is 6.31. The minimum Gasteiger partial charge on any atom is -0.495 e. The molecule has 0 radical (unpaired) electrons. The van der Waals surface area contributed by atoms with Crippen LogP contribution in [0.3, 0.4) is 0 Å². The molecule has 43 heavy (non-hydrogen) atoms. The van der Waals surface area contributed by atoms with Gasteiger partial charge in [0.15, 0.2) is 0 Å². The molecule has 2 N–H and O–H groups in total. The summed E-state index contributed by atoms with van der Waals surface area (Å²) >= 11 is 12.5. The van der Waals surface area contributed by atoms with Crippen molar-refractivity contribution >= 4 is 52.4 Å². The Labute approximate surface area is 259 Å². The van der Waals surface area contributed by atoms with Gasteiger partial charge in [0.1, 0.15) is 16.7 Å². The number of pyridine rings is 1. The van der Waals surface area contributed by atoms with E-state index in [0.717, 1.165) is 0 Å². The lowest BCUT2D eigenvalue weighted by Gasteiger charge is -2.38. The standard InChI is InChI=1S/C32H32Cl2FN3O5/c1-31(2,3)14-17-12-19(28(39)37-22-10-9-16(29(40)43-5)11-24(22)42-4)26(18-7-6-8-21(33)27(18)35)32(17)20-15-36-25(34)13-23(20)38-30(32)41/h6-11,13,15,17,19,26H,12,14H2,1-5H3,(H,37,39)(H,38,41)/t17-,19+,26-,32-/m0/s1. The lowest BCUT2D eigenvalue weighted by molar-refractivity contribution is -0.123. The Bertz CT molecular complexity index is 1620. The molecule has 226 valence electrons. The number of aromatic nitrogens is 1. The van der Waals surface area contributed by atoms with E-state index < -0.39 is 34.9 Å². The summed E-state index contributed by atoms with van der Waals surface area (Å²) in [6.07, 6.45) is 2.38. The smallest absolute Gasteiger partial charge is 0.337 e. The molecule has 0 bridgehead atoms. The minimum absolute atomic E-state index is 0.112. The Morgan fingerprint density at radius 3 is 2.58 bits per heavy atom. The van der Waals surface area contributed by atoms with Crippen LogP contribution in [-0.4, -0.2) is 37.0 Å². The fourth-order valence-corrected chi connectivity index (χ4v) is 7.19. The van der Waals surface area contributed by atoms with Crippen LogP contribution in [-0.2, 0) is 19.7 Å². The first-order valence-corrected chi connectivity index (χ1v) is 14.6. The molecule has 1 aromatic heterocycles. The Morgan fingerprint density at radius 2 is 1.91 bits per heavy atom. The van der Waals surface area contributed by atoms with Gasteiger partial charge in [-0.05, 0) is 60.1 Å². The highest BCUT2D eigenvalue weighted by atomic mass is 35.5. The van der Waals surface area contributed by atoms with Gasteiger partial charge in [-0.1, -0.05) is 56.1 Å². The van der Waals surface area contributed by atoms with E-state index in [1.54, 1.807) is 30.5 Å². The number of halogens is 3. The summed E-state index contributed by atoms with van der Waals surface area (Å²) in [6.45, 7) is 6.18. The first-order valence-electron chi connectivity index (χ1n) is 13.8. The molecule has 1 spiro atoms. The van der Waals surface area contributed by atoms with Gasteiger partial charge in [-0.25, -0.2) is 14.2 Å². The van der Waals surface area contributed by atoms with Crippen LogP contribution in [0, 0.1) is 23.1 Å². The van der Waals surface area contributed by atoms with Crippen molar-refractivity contribution in [1.82, 2.24) is 4.98 Å². The quantitative estimate of drug-likeness (QED) is 0.225. The van der Waals surface area contributed by atoms with Crippen molar-refractivity contribution in [2.45, 2.75) is 44.9 Å². The van der Waals surface area contributed by atoms with Crippen molar-refractivity contribution in [2.75, 3.05) is 24.9 Å². The number of nitrogens with zero attached hydrogens (tertiary/aromatic N) is 1. The van der Waals surface area contributed by atoms with Crippen molar-refractivity contribution in [2.24, 2.45) is 17.3 Å². The van der Waals surface area contributed by atoms with Crippen molar-refractivity contribution in [3.8, 4) is 5.75 Å². The minimum atomic E-state index is -1.34. The van der Waals surface area contributed by atoms with E-state index in [0.29, 0.717) is 23.4 Å². The first-order chi connectivity index (χ1) is 20.3. The normalized spacial score (nSPS) is 22.7. The Morgan fingerprint density at radius 1 is 1.16 bits per heavy atom. The highest BCUT2D eigenvalue weighted by Crippen LogP contribution is 2.64. The van der Waals surface area contributed by atoms with Crippen LogP contribution in [0.15, 0.2) is 48.7 Å². The third kappa shape index (κ3) is 5.33. The molecule has 3 aromatic rings. The molecule has 5 rings (SSSR count). The number of ether oxygens (including phenoxy) is 2. The number of hydrogen-bond acceptors (Lipinski definition) is 6. The van der Waals surface area contributed by atoms with Gasteiger partial charge in [-0.15, -0.1) is 0 Å². The molecule has 11 heteroatoms.